The molecule has 0 bridgehead atoms. The van der Waals surface area contributed by atoms with Gasteiger partial charge in [-0.3, -0.25) is 0 Å². The minimum absolute atomic E-state index is 0.553. The fraction of sp³-hybridized carbons (Fsp3) is 0.0455. The Labute approximate surface area is 162 Å². The first-order chi connectivity index (χ1) is 12.6. The molecule has 0 saturated carbocycles. The molecule has 1 heterocycles. The van der Waals surface area contributed by atoms with Crippen molar-refractivity contribution >= 4 is 39.8 Å². The molecule has 0 amide bonds. The van der Waals surface area contributed by atoms with Crippen LogP contribution in [-0.2, 0) is 6.54 Å². The van der Waals surface area contributed by atoms with Crippen LogP contribution in [0.1, 0.15) is 17.0 Å². The summed E-state index contributed by atoms with van der Waals surface area (Å²) in [6.07, 6.45) is 0. The molecule has 0 radical (unpaired) electrons. The van der Waals surface area contributed by atoms with Gasteiger partial charge < -0.3 is 4.57 Å². The fourth-order valence-corrected chi connectivity index (χ4v) is 3.38. The maximum Gasteiger partial charge on any atom is 0.141 e. The molecule has 0 aliphatic carbocycles. The van der Waals surface area contributed by atoms with Gasteiger partial charge in [0.05, 0.1) is 21.1 Å². The van der Waals surface area contributed by atoms with Crippen molar-refractivity contribution in [3.63, 3.8) is 0 Å². The molecule has 2 nitrogen and oxygen atoms in total. The number of nitrogens with zero attached hydrogens (tertiary/aromatic N) is 2. The Bertz CT molecular complexity index is 1100. The lowest BCUT2D eigenvalue weighted by molar-refractivity contribution is 0.809. The van der Waals surface area contributed by atoms with Gasteiger partial charge in [0.2, 0.25) is 0 Å². The number of hydrogen-bond donors (Lipinski definition) is 0. The topological polar surface area (TPSA) is 17.8 Å². The molecule has 0 unspecified atom stereocenters. The predicted octanol–water partition coefficient (Wildman–Crippen LogP) is 6.45. The summed E-state index contributed by atoms with van der Waals surface area (Å²) < 4.78 is 2.17. The van der Waals surface area contributed by atoms with E-state index in [9.17, 15) is 0 Å². The molecule has 4 aromatic rings. The van der Waals surface area contributed by atoms with Gasteiger partial charge in [0, 0.05) is 12.1 Å². The van der Waals surface area contributed by atoms with E-state index < -0.39 is 0 Å². The normalized spacial score (nSPS) is 11.0. The summed E-state index contributed by atoms with van der Waals surface area (Å²) in [6.45, 7) is 4.93. The molecule has 3 aromatic carbocycles. The fourth-order valence-electron chi connectivity index (χ4n) is 3.05. The van der Waals surface area contributed by atoms with Gasteiger partial charge >= 0.3 is 0 Å². The van der Waals surface area contributed by atoms with E-state index in [1.54, 1.807) is 0 Å². The first-order valence-electron chi connectivity index (χ1n) is 8.27. The van der Waals surface area contributed by atoms with Gasteiger partial charge in [-0.2, -0.15) is 0 Å². The number of benzene rings is 3. The smallest absolute Gasteiger partial charge is 0.141 e. The van der Waals surface area contributed by atoms with E-state index in [0.29, 0.717) is 16.6 Å². The van der Waals surface area contributed by atoms with Crippen molar-refractivity contribution in [1.82, 2.24) is 9.55 Å². The molecule has 0 saturated heterocycles. The number of aromatic nitrogens is 2. The van der Waals surface area contributed by atoms with Crippen molar-refractivity contribution in [3.05, 3.63) is 106 Å². The number of imidazole rings is 1. The molecule has 0 fully saturated rings. The third kappa shape index (κ3) is 3.14. The Balaban J connectivity index is 1.84. The molecule has 4 rings (SSSR count). The van der Waals surface area contributed by atoms with Crippen LogP contribution in [0.2, 0.25) is 10.0 Å². The van der Waals surface area contributed by atoms with Crippen LogP contribution in [0.15, 0.2) is 79.4 Å². The van der Waals surface area contributed by atoms with Crippen molar-refractivity contribution < 1.29 is 0 Å². The van der Waals surface area contributed by atoms with E-state index in [1.807, 2.05) is 66.7 Å². The number of fused-ring (bicyclic) bond motifs is 1. The van der Waals surface area contributed by atoms with Crippen LogP contribution in [-0.4, -0.2) is 9.55 Å². The molecule has 0 atom stereocenters. The maximum absolute atomic E-state index is 6.20. The highest BCUT2D eigenvalue weighted by atomic mass is 35.5. The number of para-hydroxylation sites is 2. The average molecular weight is 379 g/mol. The molecule has 26 heavy (non-hydrogen) atoms. The van der Waals surface area contributed by atoms with Crippen molar-refractivity contribution in [2.24, 2.45) is 0 Å². The molecule has 4 heteroatoms. The van der Waals surface area contributed by atoms with E-state index in [-0.39, 0.29) is 0 Å². The summed E-state index contributed by atoms with van der Waals surface area (Å²) in [7, 11) is 0. The summed E-state index contributed by atoms with van der Waals surface area (Å²) in [5.74, 6) is 0.850. The van der Waals surface area contributed by atoms with Crippen LogP contribution in [0.5, 0.6) is 0 Å². The lowest BCUT2D eigenvalue weighted by Gasteiger charge is -2.12. The van der Waals surface area contributed by atoms with Crippen LogP contribution in [0, 0.1) is 0 Å². The number of hydrogen-bond acceptors (Lipinski definition) is 1. The molecule has 1 aromatic heterocycles. The van der Waals surface area contributed by atoms with Gasteiger partial charge in [-0.1, -0.05) is 78.3 Å². The maximum atomic E-state index is 6.20. The summed E-state index contributed by atoms with van der Waals surface area (Å²) in [5.41, 5.74) is 5.01. The third-order valence-electron chi connectivity index (χ3n) is 4.37. The zero-order valence-electron chi connectivity index (χ0n) is 14.0. The van der Waals surface area contributed by atoms with Crippen LogP contribution in [0.3, 0.4) is 0 Å². The Morgan fingerprint density at radius 3 is 2.38 bits per heavy atom. The quantitative estimate of drug-likeness (QED) is 0.398. The van der Waals surface area contributed by atoms with Gasteiger partial charge in [-0.25, -0.2) is 4.98 Å². The molecule has 0 spiro atoms. The zero-order chi connectivity index (χ0) is 18.1. The highest BCUT2D eigenvalue weighted by Gasteiger charge is 2.15. The Morgan fingerprint density at radius 1 is 0.885 bits per heavy atom. The molecular formula is C22H16Cl2N2. The first-order valence-corrected chi connectivity index (χ1v) is 9.03. The van der Waals surface area contributed by atoms with E-state index in [4.69, 9.17) is 28.2 Å². The minimum Gasteiger partial charge on any atom is -0.319 e. The first kappa shape index (κ1) is 16.9. The van der Waals surface area contributed by atoms with Crippen molar-refractivity contribution in [2.75, 3.05) is 0 Å². The van der Waals surface area contributed by atoms with Gasteiger partial charge in [0.25, 0.3) is 0 Å². The second kappa shape index (κ2) is 6.99. The van der Waals surface area contributed by atoms with E-state index in [2.05, 4.69) is 17.2 Å². The second-order valence-electron chi connectivity index (χ2n) is 6.10. The van der Waals surface area contributed by atoms with Crippen molar-refractivity contribution in [2.45, 2.75) is 6.54 Å². The SMILES string of the molecule is C=C(c1ccccc1)c1nc2ccccc2n1Cc1ccc(Cl)c(Cl)c1. The summed E-state index contributed by atoms with van der Waals surface area (Å²) >= 11 is 12.3. The van der Waals surface area contributed by atoms with E-state index in [1.165, 1.54) is 0 Å². The Kier molecular flexibility index (Phi) is 4.54. The van der Waals surface area contributed by atoms with E-state index in [0.717, 1.165) is 33.6 Å². The summed E-state index contributed by atoms with van der Waals surface area (Å²) in [6, 6.07) is 23.9. The van der Waals surface area contributed by atoms with Gasteiger partial charge in [-0.05, 0) is 35.4 Å². The predicted molar refractivity (Wildman–Crippen MR) is 110 cm³/mol. The van der Waals surface area contributed by atoms with Crippen molar-refractivity contribution in [3.8, 4) is 0 Å². The molecule has 0 N–H and O–H groups in total. The van der Waals surface area contributed by atoms with E-state index >= 15 is 0 Å². The Morgan fingerprint density at radius 2 is 1.62 bits per heavy atom. The van der Waals surface area contributed by atoms with Gasteiger partial charge in [0.1, 0.15) is 5.82 Å². The van der Waals surface area contributed by atoms with Crippen molar-refractivity contribution in [1.29, 1.82) is 0 Å². The average Bonchev–Trinajstić information content (AvgIpc) is 3.03. The largest absolute Gasteiger partial charge is 0.319 e. The Hall–Kier alpha value is -2.55. The lowest BCUT2D eigenvalue weighted by atomic mass is 10.1. The summed E-state index contributed by atoms with van der Waals surface area (Å²) in [4.78, 5) is 4.83. The molecule has 0 aliphatic heterocycles. The third-order valence-corrected chi connectivity index (χ3v) is 5.11. The standard InChI is InChI=1S/C22H16Cl2N2/c1-15(17-7-3-2-4-8-17)22-25-20-9-5-6-10-21(20)26(22)14-16-11-12-18(23)19(24)13-16/h2-13H,1,14H2. The summed E-state index contributed by atoms with van der Waals surface area (Å²) in [5, 5.41) is 1.11. The number of rotatable bonds is 4. The van der Waals surface area contributed by atoms with Crippen LogP contribution >= 0.6 is 23.2 Å². The highest BCUT2D eigenvalue weighted by molar-refractivity contribution is 6.42. The monoisotopic (exact) mass is 378 g/mol. The zero-order valence-corrected chi connectivity index (χ0v) is 15.5. The van der Waals surface area contributed by atoms with Crippen LogP contribution < -0.4 is 0 Å². The van der Waals surface area contributed by atoms with Crippen LogP contribution in [0.25, 0.3) is 16.6 Å². The van der Waals surface area contributed by atoms with Gasteiger partial charge in [-0.15, -0.1) is 0 Å². The second-order valence-corrected chi connectivity index (χ2v) is 6.92. The minimum atomic E-state index is 0.553. The molecule has 128 valence electrons. The lowest BCUT2D eigenvalue weighted by Crippen LogP contribution is -2.05. The number of halogens is 2. The van der Waals surface area contributed by atoms with Crippen LogP contribution in [0.4, 0.5) is 0 Å². The molecular weight excluding hydrogens is 363 g/mol. The van der Waals surface area contributed by atoms with Gasteiger partial charge in [0.15, 0.2) is 0 Å². The molecule has 0 aliphatic rings. The highest BCUT2D eigenvalue weighted by Crippen LogP contribution is 2.28.